The highest BCUT2D eigenvalue weighted by Gasteiger charge is 2.36. The van der Waals surface area contributed by atoms with Gasteiger partial charge < -0.3 is 14.3 Å². The van der Waals surface area contributed by atoms with E-state index in [1.807, 2.05) is 11.6 Å². The number of amides is 1. The zero-order valence-electron chi connectivity index (χ0n) is 23.4. The molecule has 0 radical (unpaired) electrons. The fourth-order valence-corrected chi connectivity index (χ4v) is 5.40. The fourth-order valence-electron chi connectivity index (χ4n) is 4.35. The zero-order chi connectivity index (χ0) is 31.6. The lowest BCUT2D eigenvalue weighted by Crippen LogP contribution is -2.38. The van der Waals surface area contributed by atoms with Gasteiger partial charge in [0.05, 0.1) is 35.3 Å². The van der Waals surface area contributed by atoms with Gasteiger partial charge in [0, 0.05) is 17.1 Å². The molecule has 2 aromatic heterocycles. The molecule has 44 heavy (non-hydrogen) atoms. The van der Waals surface area contributed by atoms with Gasteiger partial charge in [-0.25, -0.2) is 22.6 Å². The summed E-state index contributed by atoms with van der Waals surface area (Å²) >= 11 is 0. The number of rotatable bonds is 10. The van der Waals surface area contributed by atoms with Gasteiger partial charge in [-0.05, 0) is 50.6 Å². The standard InChI is InChI=1S/C26H27F3N6O8S/c1-3-40-25(37)41-16-42-35-34(43-35)32-13-12-19(15-32)24(36)31-44(38,39)21-10-8-20(9-11-21)33-22(14-23(30-33)26(27,28)29)18-6-4-17(2)5-7-18/h4-11,14,19H,3,12-13,15-16H2,1-2H3,(H,31,36). The maximum atomic E-state index is 13.5. The average molecular weight is 641 g/mol. The van der Waals surface area contributed by atoms with Crippen molar-refractivity contribution in [2.75, 3.05) is 31.5 Å². The number of hydrogen-bond acceptors (Lipinski definition) is 10. The van der Waals surface area contributed by atoms with E-state index in [1.165, 1.54) is 29.2 Å². The number of nitrogens with one attached hydrogen (secondary N) is 1. The summed E-state index contributed by atoms with van der Waals surface area (Å²) < 4.78 is 83.9. The van der Waals surface area contributed by atoms with Crippen molar-refractivity contribution in [2.24, 2.45) is 5.92 Å². The lowest BCUT2D eigenvalue weighted by molar-refractivity contribution is -0.141. The third-order valence-electron chi connectivity index (χ3n) is 6.61. The van der Waals surface area contributed by atoms with Crippen LogP contribution in [0.1, 0.15) is 24.6 Å². The number of aromatic nitrogens is 4. The molecule has 5 rings (SSSR count). The van der Waals surface area contributed by atoms with Crippen LogP contribution in [0.25, 0.3) is 16.9 Å². The molecule has 1 aliphatic heterocycles. The Morgan fingerprint density at radius 2 is 1.80 bits per heavy atom. The lowest BCUT2D eigenvalue weighted by atomic mass is 10.1. The van der Waals surface area contributed by atoms with Gasteiger partial charge in [0.25, 0.3) is 16.8 Å². The summed E-state index contributed by atoms with van der Waals surface area (Å²) in [4.78, 5) is 29.9. The highest BCUT2D eigenvalue weighted by Crippen LogP contribution is 2.33. The molecule has 1 saturated heterocycles. The number of benzene rings is 2. The summed E-state index contributed by atoms with van der Waals surface area (Å²) in [6, 6.07) is 12.7. The molecule has 1 aliphatic rings. The van der Waals surface area contributed by atoms with Crippen LogP contribution in [0.15, 0.2) is 64.1 Å². The number of carbonyl (C=O) groups is 2. The minimum absolute atomic E-state index is 0.0987. The Labute approximate surface area is 248 Å². The topological polar surface area (TPSA) is 152 Å². The Balaban J connectivity index is 1.23. The summed E-state index contributed by atoms with van der Waals surface area (Å²) in [5.41, 5.74) is 0.657. The molecule has 1 unspecified atom stereocenters. The smallest absolute Gasteiger partial charge is 0.435 e. The van der Waals surface area contributed by atoms with Gasteiger partial charge in [-0.15, -0.1) is 0 Å². The Bertz CT molecular complexity index is 1720. The van der Waals surface area contributed by atoms with Gasteiger partial charge in [0.15, 0.2) is 5.69 Å². The summed E-state index contributed by atoms with van der Waals surface area (Å²) in [5, 5.41) is 6.19. The summed E-state index contributed by atoms with van der Waals surface area (Å²) in [5.74, 6) is -1.46. The average Bonchev–Trinajstić information content (AvgIpc) is 3.35. The van der Waals surface area contributed by atoms with Crippen LogP contribution in [0.2, 0.25) is 0 Å². The third-order valence-corrected chi connectivity index (χ3v) is 7.98. The van der Waals surface area contributed by atoms with E-state index in [0.29, 0.717) is 18.5 Å². The van der Waals surface area contributed by atoms with Crippen molar-refractivity contribution in [1.82, 2.24) is 24.5 Å². The molecule has 236 valence electrons. The van der Waals surface area contributed by atoms with Crippen LogP contribution in [0.4, 0.5) is 18.0 Å². The van der Waals surface area contributed by atoms with Crippen LogP contribution in [-0.2, 0) is 30.5 Å². The number of carbonyl (C=O) groups excluding carboxylic acids is 2. The molecular weight excluding hydrogens is 613 g/mol. The largest absolute Gasteiger partial charge is 0.511 e. The predicted octanol–water partition coefficient (Wildman–Crippen LogP) is 3.08. The van der Waals surface area contributed by atoms with Gasteiger partial charge in [-0.1, -0.05) is 29.8 Å². The molecule has 2 aromatic carbocycles. The minimum atomic E-state index is -4.69. The molecule has 0 spiro atoms. The number of ether oxygens (including phenoxy) is 2. The van der Waals surface area contributed by atoms with Crippen molar-refractivity contribution in [3.05, 3.63) is 65.9 Å². The second kappa shape index (κ2) is 12.0. The van der Waals surface area contributed by atoms with E-state index in [4.69, 9.17) is 9.47 Å². The van der Waals surface area contributed by atoms with Crippen LogP contribution in [0, 0.1) is 12.8 Å². The lowest BCUT2D eigenvalue weighted by Gasteiger charge is -2.13. The van der Waals surface area contributed by atoms with E-state index in [-0.39, 0.29) is 29.4 Å². The molecule has 1 amide bonds. The Hall–Kier alpha value is -4.87. The summed E-state index contributed by atoms with van der Waals surface area (Å²) in [6.45, 7) is 3.54. The van der Waals surface area contributed by atoms with Gasteiger partial charge in [-0.3, -0.25) is 9.80 Å². The molecule has 0 saturated carbocycles. The molecule has 1 N–H and O–H groups in total. The number of alkyl halides is 3. The SMILES string of the molecule is CCOC(=O)OCOn1on1N1CCC(C(=O)NS(=O)(=O)c2ccc(-n3nc(C(F)(F)F)cc3-c3ccc(C)cc3)cc2)C1. The van der Waals surface area contributed by atoms with E-state index >= 15 is 0 Å². The number of sulfonamides is 1. The molecule has 1 atom stereocenters. The van der Waals surface area contributed by atoms with E-state index in [9.17, 15) is 31.2 Å². The highest BCUT2D eigenvalue weighted by molar-refractivity contribution is 7.90. The van der Waals surface area contributed by atoms with Crippen molar-refractivity contribution >= 4 is 22.1 Å². The fraction of sp³-hybridized carbons (Fsp3) is 0.346. The zero-order valence-corrected chi connectivity index (χ0v) is 24.2. The van der Waals surface area contributed by atoms with Crippen LogP contribution in [0.3, 0.4) is 0 Å². The van der Waals surface area contributed by atoms with Crippen molar-refractivity contribution in [3.63, 3.8) is 0 Å². The third kappa shape index (κ3) is 6.85. The maximum Gasteiger partial charge on any atom is 0.511 e. The number of nitrogens with zero attached hydrogens (tertiary/aromatic N) is 5. The van der Waals surface area contributed by atoms with Crippen molar-refractivity contribution in [2.45, 2.75) is 31.3 Å². The van der Waals surface area contributed by atoms with Crippen LogP contribution in [-0.4, -0.2) is 66.7 Å². The molecule has 4 aromatic rings. The van der Waals surface area contributed by atoms with Crippen molar-refractivity contribution in [1.29, 1.82) is 0 Å². The normalized spacial score (nSPS) is 15.4. The second-order valence-corrected chi connectivity index (χ2v) is 11.4. The maximum absolute atomic E-state index is 13.5. The monoisotopic (exact) mass is 640 g/mol. The number of halogens is 3. The first-order valence-electron chi connectivity index (χ1n) is 13.2. The summed E-state index contributed by atoms with van der Waals surface area (Å²) in [6.07, 6.45) is -5.31. The van der Waals surface area contributed by atoms with Gasteiger partial charge >= 0.3 is 12.3 Å². The molecule has 0 aliphatic carbocycles. The van der Waals surface area contributed by atoms with E-state index in [0.717, 1.165) is 21.3 Å². The predicted molar refractivity (Wildman–Crippen MR) is 144 cm³/mol. The van der Waals surface area contributed by atoms with Gasteiger partial charge in [-0.2, -0.15) is 22.9 Å². The Morgan fingerprint density at radius 3 is 2.45 bits per heavy atom. The van der Waals surface area contributed by atoms with E-state index in [1.54, 1.807) is 36.2 Å². The van der Waals surface area contributed by atoms with Crippen LogP contribution in [0.5, 0.6) is 0 Å². The van der Waals surface area contributed by atoms with Crippen LogP contribution < -0.4 is 14.6 Å². The van der Waals surface area contributed by atoms with Crippen LogP contribution >= 0.6 is 0 Å². The van der Waals surface area contributed by atoms with E-state index < -0.39 is 46.7 Å². The van der Waals surface area contributed by atoms with Gasteiger partial charge in [0.1, 0.15) is 5.02 Å². The second-order valence-electron chi connectivity index (χ2n) is 9.70. The summed E-state index contributed by atoms with van der Waals surface area (Å²) in [7, 11) is -4.31. The van der Waals surface area contributed by atoms with E-state index in [2.05, 4.69) is 14.6 Å². The first kappa shape index (κ1) is 30.6. The number of hydrogen-bond donors (Lipinski definition) is 1. The highest BCUT2D eigenvalue weighted by atomic mass is 32.2. The molecule has 1 fully saturated rings. The first-order chi connectivity index (χ1) is 20.9. The molecule has 14 nitrogen and oxygen atoms in total. The first-order valence-corrected chi connectivity index (χ1v) is 14.7. The molecule has 18 heteroatoms. The van der Waals surface area contributed by atoms with Gasteiger partial charge in [0.2, 0.25) is 5.91 Å². The Morgan fingerprint density at radius 1 is 1.09 bits per heavy atom. The minimum Gasteiger partial charge on any atom is -0.435 e. The Kier molecular flexibility index (Phi) is 8.36. The number of aryl methyl sites for hydroxylation is 1. The van der Waals surface area contributed by atoms with Crippen molar-refractivity contribution < 1.29 is 50.1 Å². The quantitative estimate of drug-likeness (QED) is 0.202. The molecule has 3 heterocycles. The van der Waals surface area contributed by atoms with Crippen molar-refractivity contribution in [3.8, 4) is 16.9 Å². The molecular formula is C26H27F3N6O8S. The molecule has 0 bridgehead atoms.